The van der Waals surface area contributed by atoms with Crippen molar-refractivity contribution in [3.8, 4) is 22.6 Å². The Bertz CT molecular complexity index is 1080. The molecule has 1 aromatic heterocycles. The lowest BCUT2D eigenvalue weighted by Gasteiger charge is -2.36. The van der Waals surface area contributed by atoms with Gasteiger partial charge in [0, 0.05) is 18.3 Å². The predicted molar refractivity (Wildman–Crippen MR) is 123 cm³/mol. The van der Waals surface area contributed by atoms with E-state index in [0.717, 1.165) is 53.1 Å². The SMILES string of the molecule is COc1ccc(CC(=O)N2CCCC[C@H]2c2nc(N)ncc2-c2cccc(OC)c2)cc1. The molecule has 1 saturated heterocycles. The fraction of sp³-hybridized carbons (Fsp3) is 0.320. The molecule has 0 saturated carbocycles. The van der Waals surface area contributed by atoms with Gasteiger partial charge in [-0.05, 0) is 54.7 Å². The Morgan fingerprint density at radius 2 is 1.88 bits per heavy atom. The summed E-state index contributed by atoms with van der Waals surface area (Å²) in [5.41, 5.74) is 9.52. The summed E-state index contributed by atoms with van der Waals surface area (Å²) < 4.78 is 10.6. The number of ether oxygens (including phenoxy) is 2. The highest BCUT2D eigenvalue weighted by molar-refractivity contribution is 5.80. The van der Waals surface area contributed by atoms with Gasteiger partial charge in [0.05, 0.1) is 32.4 Å². The number of rotatable bonds is 6. The number of piperidine rings is 1. The number of anilines is 1. The number of carbonyl (C=O) groups excluding carboxylic acids is 1. The van der Waals surface area contributed by atoms with Crippen molar-refractivity contribution < 1.29 is 14.3 Å². The van der Waals surface area contributed by atoms with Crippen LogP contribution >= 0.6 is 0 Å². The van der Waals surface area contributed by atoms with E-state index < -0.39 is 0 Å². The molecule has 0 radical (unpaired) electrons. The quantitative estimate of drug-likeness (QED) is 0.632. The van der Waals surface area contributed by atoms with Crippen LogP contribution in [0.1, 0.15) is 36.6 Å². The van der Waals surface area contributed by atoms with E-state index in [0.29, 0.717) is 13.0 Å². The van der Waals surface area contributed by atoms with E-state index in [1.165, 1.54) is 0 Å². The molecule has 32 heavy (non-hydrogen) atoms. The van der Waals surface area contributed by atoms with E-state index >= 15 is 0 Å². The van der Waals surface area contributed by atoms with E-state index in [1.54, 1.807) is 20.4 Å². The number of hydrogen-bond acceptors (Lipinski definition) is 6. The molecule has 0 spiro atoms. The summed E-state index contributed by atoms with van der Waals surface area (Å²) in [6, 6.07) is 15.2. The van der Waals surface area contributed by atoms with Gasteiger partial charge in [-0.1, -0.05) is 24.3 Å². The number of likely N-dealkylation sites (tertiary alicyclic amines) is 1. The maximum absolute atomic E-state index is 13.3. The topological polar surface area (TPSA) is 90.6 Å². The molecule has 3 aromatic rings. The first-order valence-corrected chi connectivity index (χ1v) is 10.8. The molecule has 4 rings (SSSR count). The first-order valence-electron chi connectivity index (χ1n) is 10.8. The third-order valence-corrected chi connectivity index (χ3v) is 5.87. The van der Waals surface area contributed by atoms with Crippen LogP contribution in [0.25, 0.3) is 11.1 Å². The van der Waals surface area contributed by atoms with Crippen molar-refractivity contribution >= 4 is 11.9 Å². The molecule has 7 nitrogen and oxygen atoms in total. The first kappa shape index (κ1) is 21.6. The monoisotopic (exact) mass is 432 g/mol. The van der Waals surface area contributed by atoms with Gasteiger partial charge in [0.1, 0.15) is 11.5 Å². The Morgan fingerprint density at radius 1 is 1.09 bits per heavy atom. The molecule has 2 aromatic carbocycles. The van der Waals surface area contributed by atoms with Gasteiger partial charge in [0.25, 0.3) is 0 Å². The van der Waals surface area contributed by atoms with Crippen molar-refractivity contribution in [2.75, 3.05) is 26.5 Å². The van der Waals surface area contributed by atoms with Crippen LogP contribution in [0.15, 0.2) is 54.7 Å². The first-order chi connectivity index (χ1) is 15.6. The van der Waals surface area contributed by atoms with Gasteiger partial charge < -0.3 is 20.1 Å². The second-order valence-electron chi connectivity index (χ2n) is 7.88. The number of benzene rings is 2. The summed E-state index contributed by atoms with van der Waals surface area (Å²) in [4.78, 5) is 24.1. The molecule has 7 heteroatoms. The molecule has 1 aliphatic heterocycles. The second-order valence-corrected chi connectivity index (χ2v) is 7.88. The van der Waals surface area contributed by atoms with Crippen molar-refractivity contribution in [1.29, 1.82) is 0 Å². The zero-order chi connectivity index (χ0) is 22.5. The van der Waals surface area contributed by atoms with E-state index in [4.69, 9.17) is 15.2 Å². The van der Waals surface area contributed by atoms with Crippen LogP contribution in [0, 0.1) is 0 Å². The number of hydrogen-bond donors (Lipinski definition) is 1. The highest BCUT2D eigenvalue weighted by Crippen LogP contribution is 2.37. The zero-order valence-corrected chi connectivity index (χ0v) is 18.5. The largest absolute Gasteiger partial charge is 0.497 e. The summed E-state index contributed by atoms with van der Waals surface area (Å²) >= 11 is 0. The van der Waals surface area contributed by atoms with Crippen LogP contribution in [-0.4, -0.2) is 41.5 Å². The number of nitrogens with two attached hydrogens (primary N) is 1. The third kappa shape index (κ3) is 4.66. The van der Waals surface area contributed by atoms with Crippen molar-refractivity contribution in [1.82, 2.24) is 14.9 Å². The van der Waals surface area contributed by atoms with Gasteiger partial charge in [0.2, 0.25) is 11.9 Å². The van der Waals surface area contributed by atoms with Crippen LogP contribution in [0.4, 0.5) is 5.95 Å². The van der Waals surface area contributed by atoms with Crippen molar-refractivity contribution in [2.45, 2.75) is 31.7 Å². The van der Waals surface area contributed by atoms with Gasteiger partial charge in [-0.3, -0.25) is 4.79 Å². The standard InChI is InChI=1S/C25H28N4O3/c1-31-19-11-9-17(10-12-19)14-23(30)29-13-4-3-8-22(29)24-21(16-27-25(26)28-24)18-6-5-7-20(15-18)32-2/h5-7,9-12,15-16,22H,3-4,8,13-14H2,1-2H3,(H2,26,27,28)/t22-/m0/s1. The zero-order valence-electron chi connectivity index (χ0n) is 18.5. The lowest BCUT2D eigenvalue weighted by Crippen LogP contribution is -2.40. The average Bonchev–Trinajstić information content (AvgIpc) is 2.84. The molecule has 166 valence electrons. The van der Waals surface area contributed by atoms with Crippen LogP contribution in [-0.2, 0) is 11.2 Å². The number of nitrogens with zero attached hydrogens (tertiary/aromatic N) is 3. The molecule has 2 heterocycles. The van der Waals surface area contributed by atoms with Crippen LogP contribution in [0.2, 0.25) is 0 Å². The number of nitrogen functional groups attached to an aromatic ring is 1. The highest BCUT2D eigenvalue weighted by atomic mass is 16.5. The van der Waals surface area contributed by atoms with Crippen molar-refractivity contribution in [3.05, 3.63) is 66.0 Å². The van der Waals surface area contributed by atoms with Gasteiger partial charge in [-0.15, -0.1) is 0 Å². The maximum Gasteiger partial charge on any atom is 0.227 e. The van der Waals surface area contributed by atoms with Crippen LogP contribution < -0.4 is 15.2 Å². The normalized spacial score (nSPS) is 15.9. The molecule has 0 unspecified atom stereocenters. The van der Waals surface area contributed by atoms with E-state index in [9.17, 15) is 4.79 Å². The summed E-state index contributed by atoms with van der Waals surface area (Å²) in [5.74, 6) is 1.81. The molecule has 2 N–H and O–H groups in total. The Labute approximate surface area is 188 Å². The number of amides is 1. The van der Waals surface area contributed by atoms with Gasteiger partial charge in [0.15, 0.2) is 0 Å². The molecular weight excluding hydrogens is 404 g/mol. The smallest absolute Gasteiger partial charge is 0.227 e. The van der Waals surface area contributed by atoms with Crippen molar-refractivity contribution in [3.63, 3.8) is 0 Å². The Morgan fingerprint density at radius 3 is 2.62 bits per heavy atom. The molecular formula is C25H28N4O3. The summed E-state index contributed by atoms with van der Waals surface area (Å²) in [7, 11) is 3.27. The van der Waals surface area contributed by atoms with Crippen LogP contribution in [0.3, 0.4) is 0 Å². The van der Waals surface area contributed by atoms with Crippen LogP contribution in [0.5, 0.6) is 11.5 Å². The Hall–Kier alpha value is -3.61. The molecule has 1 atom stereocenters. The summed E-state index contributed by atoms with van der Waals surface area (Å²) in [5, 5.41) is 0. The average molecular weight is 433 g/mol. The second kappa shape index (κ2) is 9.68. The highest BCUT2D eigenvalue weighted by Gasteiger charge is 2.31. The van der Waals surface area contributed by atoms with Gasteiger partial charge >= 0.3 is 0 Å². The molecule has 1 fully saturated rings. The van der Waals surface area contributed by atoms with Crippen molar-refractivity contribution in [2.24, 2.45) is 0 Å². The minimum absolute atomic E-state index is 0.0774. The Kier molecular flexibility index (Phi) is 6.54. The number of carbonyl (C=O) groups is 1. The number of methoxy groups -OCH3 is 2. The van der Waals surface area contributed by atoms with E-state index in [-0.39, 0.29) is 17.9 Å². The fourth-order valence-electron chi connectivity index (χ4n) is 4.21. The lowest BCUT2D eigenvalue weighted by molar-refractivity contribution is -0.134. The van der Waals surface area contributed by atoms with E-state index in [1.807, 2.05) is 53.4 Å². The molecule has 0 bridgehead atoms. The maximum atomic E-state index is 13.3. The predicted octanol–water partition coefficient (Wildman–Crippen LogP) is 4.04. The fourth-order valence-corrected chi connectivity index (χ4v) is 4.21. The Balaban J connectivity index is 1.66. The number of aromatic nitrogens is 2. The molecule has 1 aliphatic rings. The van der Waals surface area contributed by atoms with E-state index in [2.05, 4.69) is 9.97 Å². The summed E-state index contributed by atoms with van der Waals surface area (Å²) in [6.07, 6.45) is 4.91. The van der Waals surface area contributed by atoms with Gasteiger partial charge in [-0.25, -0.2) is 9.97 Å². The lowest BCUT2D eigenvalue weighted by atomic mass is 9.93. The molecule has 0 aliphatic carbocycles. The summed E-state index contributed by atoms with van der Waals surface area (Å²) in [6.45, 7) is 0.696. The minimum Gasteiger partial charge on any atom is -0.497 e. The third-order valence-electron chi connectivity index (χ3n) is 5.87. The molecule has 1 amide bonds. The van der Waals surface area contributed by atoms with Gasteiger partial charge in [-0.2, -0.15) is 0 Å². The minimum atomic E-state index is -0.152.